The second-order valence-corrected chi connectivity index (χ2v) is 8.40. The van der Waals surface area contributed by atoms with Crippen LogP contribution < -0.4 is 10.1 Å². The van der Waals surface area contributed by atoms with E-state index in [2.05, 4.69) is 24.1 Å². The van der Waals surface area contributed by atoms with Gasteiger partial charge in [-0.2, -0.15) is 0 Å². The van der Waals surface area contributed by atoms with E-state index in [-0.39, 0.29) is 11.4 Å². The van der Waals surface area contributed by atoms with Crippen LogP contribution in [0.4, 0.5) is 0 Å². The van der Waals surface area contributed by atoms with Crippen LogP contribution in [-0.4, -0.2) is 61.3 Å². The Labute approximate surface area is 183 Å². The first kappa shape index (κ1) is 21.3. The highest BCUT2D eigenvalue weighted by Crippen LogP contribution is 2.26. The van der Waals surface area contributed by atoms with E-state index in [1.807, 2.05) is 54.6 Å². The molecule has 1 N–H and O–H groups in total. The van der Waals surface area contributed by atoms with Gasteiger partial charge in [0.15, 0.2) is 0 Å². The van der Waals surface area contributed by atoms with Gasteiger partial charge in [0.1, 0.15) is 5.75 Å². The number of rotatable bonds is 6. The summed E-state index contributed by atoms with van der Waals surface area (Å²) in [6.07, 6.45) is 0. The van der Waals surface area contributed by atoms with Crippen molar-refractivity contribution in [2.45, 2.75) is 19.4 Å². The monoisotopic (exact) mass is 419 g/mol. The zero-order valence-electron chi connectivity index (χ0n) is 18.4. The molecule has 0 radical (unpaired) electrons. The molecule has 4 rings (SSSR count). The van der Waals surface area contributed by atoms with Crippen molar-refractivity contribution in [1.29, 1.82) is 0 Å². The van der Waals surface area contributed by atoms with Crippen LogP contribution in [-0.2, 0) is 4.74 Å². The van der Waals surface area contributed by atoms with E-state index in [1.165, 1.54) is 0 Å². The normalized spacial score (nSPS) is 15.1. The van der Waals surface area contributed by atoms with E-state index in [0.29, 0.717) is 12.1 Å². The molecule has 3 aromatic rings. The maximum Gasteiger partial charge on any atom is 0.252 e. The van der Waals surface area contributed by atoms with Gasteiger partial charge in [0, 0.05) is 36.1 Å². The lowest BCUT2D eigenvalue weighted by molar-refractivity contribution is -0.00922. The van der Waals surface area contributed by atoms with E-state index >= 15 is 0 Å². The fraction of sp³-hybridized carbons (Fsp3) is 0.360. The number of fused-ring (bicyclic) bond motifs is 1. The number of ether oxygens (including phenoxy) is 2. The van der Waals surface area contributed by atoms with Gasteiger partial charge in [0.2, 0.25) is 0 Å². The largest absolute Gasteiger partial charge is 0.497 e. The minimum absolute atomic E-state index is 0.0882. The molecule has 1 aliphatic heterocycles. The van der Waals surface area contributed by atoms with Gasteiger partial charge in [0.25, 0.3) is 5.91 Å². The average molecular weight is 420 g/mol. The molecule has 6 nitrogen and oxygen atoms in total. The predicted molar refractivity (Wildman–Crippen MR) is 123 cm³/mol. The minimum Gasteiger partial charge on any atom is -0.497 e. The van der Waals surface area contributed by atoms with Crippen LogP contribution in [0.5, 0.6) is 5.75 Å². The van der Waals surface area contributed by atoms with Crippen molar-refractivity contribution < 1.29 is 14.3 Å². The number of aromatic nitrogens is 1. The zero-order chi connectivity index (χ0) is 21.8. The molecule has 6 heteroatoms. The first-order valence-electron chi connectivity index (χ1n) is 10.6. The van der Waals surface area contributed by atoms with Crippen molar-refractivity contribution in [3.63, 3.8) is 0 Å². The number of pyridine rings is 1. The van der Waals surface area contributed by atoms with Gasteiger partial charge in [0.05, 0.1) is 37.1 Å². The lowest BCUT2D eigenvalue weighted by Gasteiger charge is -2.40. The SMILES string of the molecule is COc1ccc(-c2cc(C(=O)NCC(C)(C)N3CCOCC3)c3ccccc3n2)cc1. The van der Waals surface area contributed by atoms with Crippen LogP contribution >= 0.6 is 0 Å². The Morgan fingerprint density at radius 2 is 1.84 bits per heavy atom. The molecule has 0 unspecified atom stereocenters. The van der Waals surface area contributed by atoms with E-state index in [4.69, 9.17) is 14.5 Å². The molecule has 2 heterocycles. The van der Waals surface area contributed by atoms with Crippen molar-refractivity contribution in [2.75, 3.05) is 40.0 Å². The number of amides is 1. The number of carbonyl (C=O) groups is 1. The van der Waals surface area contributed by atoms with Gasteiger partial charge >= 0.3 is 0 Å². The Balaban J connectivity index is 1.61. The average Bonchev–Trinajstić information content (AvgIpc) is 2.82. The Hall–Kier alpha value is -2.96. The number of methoxy groups -OCH3 is 1. The summed E-state index contributed by atoms with van der Waals surface area (Å²) in [5, 5.41) is 4.00. The molecule has 0 spiro atoms. The molecule has 1 amide bonds. The summed E-state index contributed by atoms with van der Waals surface area (Å²) in [6.45, 7) is 8.10. The first-order valence-corrected chi connectivity index (χ1v) is 10.6. The minimum atomic E-state index is -0.152. The fourth-order valence-corrected chi connectivity index (χ4v) is 3.95. The van der Waals surface area contributed by atoms with E-state index in [0.717, 1.165) is 54.2 Å². The van der Waals surface area contributed by atoms with Crippen LogP contribution in [0.3, 0.4) is 0 Å². The summed E-state index contributed by atoms with van der Waals surface area (Å²) in [5.74, 6) is 0.697. The molecule has 0 aliphatic carbocycles. The third-order valence-electron chi connectivity index (χ3n) is 5.90. The number of hydrogen-bond acceptors (Lipinski definition) is 5. The second kappa shape index (κ2) is 9.04. The van der Waals surface area contributed by atoms with Gasteiger partial charge in [-0.3, -0.25) is 9.69 Å². The highest BCUT2D eigenvalue weighted by atomic mass is 16.5. The Morgan fingerprint density at radius 3 is 2.55 bits per heavy atom. The van der Waals surface area contributed by atoms with Gasteiger partial charge < -0.3 is 14.8 Å². The summed E-state index contributed by atoms with van der Waals surface area (Å²) < 4.78 is 10.7. The van der Waals surface area contributed by atoms with Crippen LogP contribution in [0.15, 0.2) is 54.6 Å². The maximum atomic E-state index is 13.3. The highest BCUT2D eigenvalue weighted by molar-refractivity contribution is 6.07. The van der Waals surface area contributed by atoms with Gasteiger partial charge in [-0.25, -0.2) is 4.98 Å². The lowest BCUT2D eigenvalue weighted by Crippen LogP contribution is -2.55. The number of para-hydroxylation sites is 1. The highest BCUT2D eigenvalue weighted by Gasteiger charge is 2.29. The lowest BCUT2D eigenvalue weighted by atomic mass is 10.0. The molecule has 0 saturated carbocycles. The maximum absolute atomic E-state index is 13.3. The molecule has 0 bridgehead atoms. The number of nitrogens with zero attached hydrogens (tertiary/aromatic N) is 2. The van der Waals surface area contributed by atoms with Crippen LogP contribution in [0.2, 0.25) is 0 Å². The smallest absolute Gasteiger partial charge is 0.252 e. The van der Waals surface area contributed by atoms with Crippen LogP contribution in [0.1, 0.15) is 24.2 Å². The first-order chi connectivity index (χ1) is 15.0. The molecular weight excluding hydrogens is 390 g/mol. The van der Waals surface area contributed by atoms with E-state index in [1.54, 1.807) is 7.11 Å². The number of carbonyl (C=O) groups excluding carboxylic acids is 1. The summed E-state index contributed by atoms with van der Waals surface area (Å²) in [7, 11) is 1.64. The van der Waals surface area contributed by atoms with Crippen molar-refractivity contribution in [2.24, 2.45) is 0 Å². The van der Waals surface area contributed by atoms with Crippen LogP contribution in [0.25, 0.3) is 22.2 Å². The van der Waals surface area contributed by atoms with Gasteiger partial charge in [-0.15, -0.1) is 0 Å². The van der Waals surface area contributed by atoms with Crippen molar-refractivity contribution in [1.82, 2.24) is 15.2 Å². The fourth-order valence-electron chi connectivity index (χ4n) is 3.95. The topological polar surface area (TPSA) is 63.7 Å². The molecule has 1 fully saturated rings. The third-order valence-corrected chi connectivity index (χ3v) is 5.90. The van der Waals surface area contributed by atoms with Crippen molar-refractivity contribution >= 4 is 16.8 Å². The number of morpholine rings is 1. The Morgan fingerprint density at radius 1 is 1.13 bits per heavy atom. The van der Waals surface area contributed by atoms with Gasteiger partial charge in [-0.1, -0.05) is 18.2 Å². The molecule has 31 heavy (non-hydrogen) atoms. The molecule has 1 aliphatic rings. The van der Waals surface area contributed by atoms with E-state index < -0.39 is 0 Å². The third kappa shape index (κ3) is 4.70. The number of hydrogen-bond donors (Lipinski definition) is 1. The van der Waals surface area contributed by atoms with Crippen LogP contribution in [0, 0.1) is 0 Å². The van der Waals surface area contributed by atoms with E-state index in [9.17, 15) is 4.79 Å². The Bertz CT molecular complexity index is 1060. The standard InChI is InChI=1S/C25H29N3O3/c1-25(2,28-12-14-31-15-13-28)17-26-24(29)21-16-23(18-8-10-19(30-3)11-9-18)27-22-7-5-4-6-20(21)22/h4-11,16H,12-15,17H2,1-3H3,(H,26,29). The van der Waals surface area contributed by atoms with Crippen molar-refractivity contribution in [3.05, 3.63) is 60.2 Å². The van der Waals surface area contributed by atoms with Crippen molar-refractivity contribution in [3.8, 4) is 17.0 Å². The summed E-state index contributed by atoms with van der Waals surface area (Å²) in [6, 6.07) is 17.4. The number of nitrogens with one attached hydrogen (secondary N) is 1. The summed E-state index contributed by atoms with van der Waals surface area (Å²) in [5.41, 5.74) is 2.98. The molecule has 0 atom stereocenters. The summed E-state index contributed by atoms with van der Waals surface area (Å²) >= 11 is 0. The molecular formula is C25H29N3O3. The number of benzene rings is 2. The molecule has 162 valence electrons. The zero-order valence-corrected chi connectivity index (χ0v) is 18.4. The quantitative estimate of drug-likeness (QED) is 0.659. The molecule has 1 saturated heterocycles. The molecule has 2 aromatic carbocycles. The predicted octanol–water partition coefficient (Wildman–Crippen LogP) is 3.75. The Kier molecular flexibility index (Phi) is 6.20. The molecule has 1 aromatic heterocycles. The second-order valence-electron chi connectivity index (χ2n) is 8.40. The summed E-state index contributed by atoms with van der Waals surface area (Å²) in [4.78, 5) is 20.4. The van der Waals surface area contributed by atoms with Gasteiger partial charge in [-0.05, 0) is 50.2 Å².